The summed E-state index contributed by atoms with van der Waals surface area (Å²) in [5.41, 5.74) is 4.06. The Balaban J connectivity index is 1.25. The van der Waals surface area contributed by atoms with Gasteiger partial charge in [0.1, 0.15) is 5.82 Å². The van der Waals surface area contributed by atoms with Crippen molar-refractivity contribution in [2.75, 3.05) is 45.1 Å². The molecule has 7 heteroatoms. The van der Waals surface area contributed by atoms with Crippen molar-refractivity contribution in [1.29, 1.82) is 0 Å². The van der Waals surface area contributed by atoms with E-state index in [1.807, 2.05) is 61.6 Å². The summed E-state index contributed by atoms with van der Waals surface area (Å²) in [5.74, 6) is -0.0561. The average molecular weight is 541 g/mol. The number of hydrogen-bond donors (Lipinski definition) is 1. The van der Waals surface area contributed by atoms with Crippen LogP contribution in [0.5, 0.6) is 0 Å². The van der Waals surface area contributed by atoms with Crippen LogP contribution < -0.4 is 5.32 Å². The Morgan fingerprint density at radius 1 is 1.05 bits per heavy atom. The number of likely N-dealkylation sites (tertiary alicyclic amines) is 1. The molecule has 0 aromatic heterocycles. The highest BCUT2D eigenvalue weighted by atomic mass is 35.5. The second-order valence-electron chi connectivity index (χ2n) is 10.4. The first kappa shape index (κ1) is 26.0. The monoisotopic (exact) mass is 539 g/mol. The molecule has 3 aromatic rings. The molecule has 0 bridgehead atoms. The zero-order valence-electron chi connectivity index (χ0n) is 21.0. The van der Waals surface area contributed by atoms with Crippen LogP contribution in [-0.2, 0) is 5.41 Å². The number of benzene rings is 3. The third kappa shape index (κ3) is 5.64. The van der Waals surface area contributed by atoms with Crippen LogP contribution in [0.4, 0.5) is 10.1 Å². The highest BCUT2D eigenvalue weighted by Crippen LogP contribution is 2.44. The van der Waals surface area contributed by atoms with Crippen LogP contribution >= 0.6 is 23.2 Å². The molecule has 0 radical (unpaired) electrons. The summed E-state index contributed by atoms with van der Waals surface area (Å²) >= 11 is 12.6. The standard InChI is InChI=1S/C30H32Cl2FN3O/c1-35(29(37)21-5-3-2-4-6-21)19-23(22-7-10-26(31)27(32)17-22)11-14-36-15-12-30(13-16-36)20-34-28-18-24(33)8-9-25(28)30/h2-10,17-18,23,34H,11-16,19-20H2,1H3. The molecule has 3 aromatic carbocycles. The Labute approximate surface area is 228 Å². The second kappa shape index (κ2) is 11.0. The fraction of sp³-hybridized carbons (Fsp3) is 0.367. The zero-order chi connectivity index (χ0) is 26.0. The van der Waals surface area contributed by atoms with Gasteiger partial charge in [-0.25, -0.2) is 4.39 Å². The number of piperidine rings is 1. The number of fused-ring (bicyclic) bond motifs is 2. The Hall–Kier alpha value is -2.60. The first-order valence-corrected chi connectivity index (χ1v) is 13.6. The first-order chi connectivity index (χ1) is 17.8. The molecular formula is C30H32Cl2FN3O. The normalized spacial score (nSPS) is 17.3. The van der Waals surface area contributed by atoms with Crippen LogP contribution in [0.15, 0.2) is 66.7 Å². The lowest BCUT2D eigenvalue weighted by molar-refractivity contribution is 0.0780. The van der Waals surface area contributed by atoms with E-state index in [1.165, 1.54) is 5.56 Å². The minimum Gasteiger partial charge on any atom is -0.384 e. The molecule has 1 saturated heterocycles. The minimum absolute atomic E-state index is 0.00871. The Morgan fingerprint density at radius 3 is 2.54 bits per heavy atom. The second-order valence-corrected chi connectivity index (χ2v) is 11.2. The maximum Gasteiger partial charge on any atom is 0.253 e. The lowest BCUT2D eigenvalue weighted by atomic mass is 9.74. The van der Waals surface area contributed by atoms with Gasteiger partial charge in [0.05, 0.1) is 10.0 Å². The van der Waals surface area contributed by atoms with Gasteiger partial charge < -0.3 is 15.1 Å². The number of carbonyl (C=O) groups excluding carboxylic acids is 1. The number of halogens is 3. The number of nitrogens with one attached hydrogen (secondary N) is 1. The molecule has 1 amide bonds. The number of likely N-dealkylation sites (N-methyl/N-ethyl adjacent to an activating group) is 1. The lowest BCUT2D eigenvalue weighted by Gasteiger charge is -2.40. The van der Waals surface area contributed by atoms with Gasteiger partial charge in [0.2, 0.25) is 0 Å². The van der Waals surface area contributed by atoms with Crippen molar-refractivity contribution >= 4 is 34.8 Å². The third-order valence-corrected chi connectivity index (χ3v) is 8.79. The lowest BCUT2D eigenvalue weighted by Crippen LogP contribution is -2.44. The van der Waals surface area contributed by atoms with Gasteiger partial charge in [0.15, 0.2) is 0 Å². The molecule has 1 fully saturated rings. The predicted molar refractivity (Wildman–Crippen MR) is 149 cm³/mol. The van der Waals surface area contributed by atoms with Gasteiger partial charge in [-0.2, -0.15) is 0 Å². The van der Waals surface area contributed by atoms with Gasteiger partial charge in [0, 0.05) is 42.7 Å². The number of nitrogens with zero attached hydrogens (tertiary/aromatic N) is 2. The SMILES string of the molecule is CN(CC(CCN1CCC2(CC1)CNc1cc(F)ccc12)c1ccc(Cl)c(Cl)c1)C(=O)c1ccccc1. The van der Waals surface area contributed by atoms with E-state index in [2.05, 4.69) is 10.2 Å². The number of carbonyl (C=O) groups is 1. The van der Waals surface area contributed by atoms with Crippen LogP contribution in [0.25, 0.3) is 0 Å². The van der Waals surface area contributed by atoms with Gasteiger partial charge in [-0.3, -0.25) is 4.79 Å². The molecule has 5 rings (SSSR count). The van der Waals surface area contributed by atoms with Gasteiger partial charge in [-0.05, 0) is 86.4 Å². The topological polar surface area (TPSA) is 35.6 Å². The molecule has 1 spiro atoms. The number of amides is 1. The molecular weight excluding hydrogens is 508 g/mol. The van der Waals surface area contributed by atoms with Crippen LogP contribution in [0.2, 0.25) is 10.0 Å². The van der Waals surface area contributed by atoms with Gasteiger partial charge in [-0.1, -0.05) is 53.5 Å². The van der Waals surface area contributed by atoms with E-state index in [1.54, 1.807) is 17.0 Å². The molecule has 37 heavy (non-hydrogen) atoms. The molecule has 1 N–H and O–H groups in total. The van der Waals surface area contributed by atoms with E-state index in [0.29, 0.717) is 22.2 Å². The zero-order valence-corrected chi connectivity index (χ0v) is 22.5. The number of anilines is 1. The highest BCUT2D eigenvalue weighted by molar-refractivity contribution is 6.42. The van der Waals surface area contributed by atoms with Crippen molar-refractivity contribution in [3.63, 3.8) is 0 Å². The van der Waals surface area contributed by atoms with E-state index in [-0.39, 0.29) is 23.1 Å². The fourth-order valence-electron chi connectivity index (χ4n) is 5.82. The van der Waals surface area contributed by atoms with E-state index >= 15 is 0 Å². The summed E-state index contributed by atoms with van der Waals surface area (Å²) in [6.07, 6.45) is 2.99. The van der Waals surface area contributed by atoms with Gasteiger partial charge >= 0.3 is 0 Å². The summed E-state index contributed by atoms with van der Waals surface area (Å²) in [5, 5.41) is 4.49. The molecule has 0 aliphatic carbocycles. The molecule has 2 aliphatic heterocycles. The summed E-state index contributed by atoms with van der Waals surface area (Å²) in [7, 11) is 1.86. The van der Waals surface area contributed by atoms with Crippen LogP contribution in [0.3, 0.4) is 0 Å². The molecule has 2 heterocycles. The average Bonchev–Trinajstić information content (AvgIpc) is 3.25. The molecule has 4 nitrogen and oxygen atoms in total. The van der Waals surface area contributed by atoms with Crippen molar-refractivity contribution in [3.8, 4) is 0 Å². The Bertz CT molecular complexity index is 1260. The minimum atomic E-state index is -0.190. The van der Waals surface area contributed by atoms with Gasteiger partial charge in [-0.15, -0.1) is 0 Å². The summed E-state index contributed by atoms with van der Waals surface area (Å²) < 4.78 is 13.7. The Kier molecular flexibility index (Phi) is 7.75. The third-order valence-electron chi connectivity index (χ3n) is 8.05. The molecule has 2 aliphatic rings. The molecule has 194 valence electrons. The fourth-order valence-corrected chi connectivity index (χ4v) is 6.12. The summed E-state index contributed by atoms with van der Waals surface area (Å²) in [4.78, 5) is 17.4. The van der Waals surface area contributed by atoms with Crippen LogP contribution in [0, 0.1) is 5.82 Å². The number of rotatable bonds is 7. The van der Waals surface area contributed by atoms with Crippen LogP contribution in [0.1, 0.15) is 46.7 Å². The summed E-state index contributed by atoms with van der Waals surface area (Å²) in [6, 6.07) is 20.3. The smallest absolute Gasteiger partial charge is 0.253 e. The first-order valence-electron chi connectivity index (χ1n) is 12.9. The largest absolute Gasteiger partial charge is 0.384 e. The van der Waals surface area contributed by atoms with E-state index in [0.717, 1.165) is 56.7 Å². The van der Waals surface area contributed by atoms with E-state index in [4.69, 9.17) is 23.2 Å². The number of hydrogen-bond acceptors (Lipinski definition) is 3. The maximum atomic E-state index is 13.7. The van der Waals surface area contributed by atoms with Gasteiger partial charge in [0.25, 0.3) is 5.91 Å². The highest BCUT2D eigenvalue weighted by Gasteiger charge is 2.41. The van der Waals surface area contributed by atoms with Crippen LogP contribution in [-0.4, -0.2) is 55.5 Å². The quantitative estimate of drug-likeness (QED) is 0.357. The van der Waals surface area contributed by atoms with E-state index < -0.39 is 0 Å². The maximum absolute atomic E-state index is 13.7. The predicted octanol–water partition coefficient (Wildman–Crippen LogP) is 6.84. The van der Waals surface area contributed by atoms with Crippen molar-refractivity contribution in [2.24, 2.45) is 0 Å². The Morgan fingerprint density at radius 2 is 1.81 bits per heavy atom. The molecule has 1 atom stereocenters. The molecule has 1 unspecified atom stereocenters. The van der Waals surface area contributed by atoms with Crippen molar-refractivity contribution in [1.82, 2.24) is 9.80 Å². The van der Waals surface area contributed by atoms with Crippen molar-refractivity contribution < 1.29 is 9.18 Å². The van der Waals surface area contributed by atoms with E-state index in [9.17, 15) is 9.18 Å². The van der Waals surface area contributed by atoms with Crippen molar-refractivity contribution in [2.45, 2.75) is 30.6 Å². The molecule has 0 saturated carbocycles. The summed E-state index contributed by atoms with van der Waals surface area (Å²) in [6.45, 7) is 4.37. The van der Waals surface area contributed by atoms with Crippen molar-refractivity contribution in [3.05, 3.63) is 99.3 Å².